The second-order valence-electron chi connectivity index (χ2n) is 3.92. The van der Waals surface area contributed by atoms with Crippen LogP contribution < -0.4 is 4.74 Å². The largest absolute Gasteiger partial charge is 0.492 e. The first kappa shape index (κ1) is 12.2. The SMILES string of the molecule is [N-]=[N+]=NCCC=Cc1ccc2c(c1)OCCC2=O. The van der Waals surface area contributed by atoms with E-state index in [0.717, 1.165) is 5.56 Å². The number of ether oxygens (including phenoxy) is 1. The molecule has 0 aliphatic carbocycles. The maximum atomic E-state index is 11.6. The third-order valence-corrected chi connectivity index (χ3v) is 2.66. The van der Waals surface area contributed by atoms with Crippen LogP contribution >= 0.6 is 0 Å². The van der Waals surface area contributed by atoms with Crippen LogP contribution in [0, 0.1) is 0 Å². The zero-order chi connectivity index (χ0) is 12.8. The first-order valence-electron chi connectivity index (χ1n) is 5.78. The number of carbonyl (C=O) groups is 1. The number of hydrogen-bond donors (Lipinski definition) is 0. The molecule has 0 atom stereocenters. The van der Waals surface area contributed by atoms with Gasteiger partial charge in [0.2, 0.25) is 0 Å². The van der Waals surface area contributed by atoms with E-state index in [1.807, 2.05) is 24.3 Å². The average Bonchev–Trinajstić information content (AvgIpc) is 2.39. The smallest absolute Gasteiger partial charge is 0.169 e. The number of Topliss-reactive ketones (excluding diaryl/α,β-unsaturated/α-hetero) is 1. The molecule has 5 heteroatoms. The summed E-state index contributed by atoms with van der Waals surface area (Å²) in [5.41, 5.74) is 9.76. The topological polar surface area (TPSA) is 75.1 Å². The van der Waals surface area contributed by atoms with Gasteiger partial charge in [-0.3, -0.25) is 4.79 Å². The van der Waals surface area contributed by atoms with Crippen molar-refractivity contribution >= 4 is 11.9 Å². The van der Waals surface area contributed by atoms with Gasteiger partial charge in [-0.1, -0.05) is 23.3 Å². The van der Waals surface area contributed by atoms with Crippen molar-refractivity contribution in [1.29, 1.82) is 0 Å². The first-order valence-corrected chi connectivity index (χ1v) is 5.78. The molecule has 0 unspecified atom stereocenters. The van der Waals surface area contributed by atoms with Crippen LogP contribution in [-0.4, -0.2) is 18.9 Å². The lowest BCUT2D eigenvalue weighted by molar-refractivity contribution is 0.0933. The highest BCUT2D eigenvalue weighted by Crippen LogP contribution is 2.26. The molecule has 0 radical (unpaired) electrons. The Morgan fingerprint density at radius 2 is 2.39 bits per heavy atom. The Bertz CT molecular complexity index is 531. The fraction of sp³-hybridized carbons (Fsp3) is 0.308. The molecule has 0 spiro atoms. The van der Waals surface area contributed by atoms with Gasteiger partial charge in [-0.2, -0.15) is 0 Å². The number of nitrogens with zero attached hydrogens (tertiary/aromatic N) is 3. The van der Waals surface area contributed by atoms with Gasteiger partial charge < -0.3 is 4.74 Å². The summed E-state index contributed by atoms with van der Waals surface area (Å²) in [5, 5.41) is 3.44. The molecule has 1 heterocycles. The van der Waals surface area contributed by atoms with Crippen LogP contribution in [0.4, 0.5) is 0 Å². The Morgan fingerprint density at radius 1 is 1.50 bits per heavy atom. The van der Waals surface area contributed by atoms with Crippen molar-refractivity contribution in [3.8, 4) is 5.75 Å². The normalized spacial score (nSPS) is 13.9. The lowest BCUT2D eigenvalue weighted by Crippen LogP contribution is -2.15. The summed E-state index contributed by atoms with van der Waals surface area (Å²) < 4.78 is 5.46. The summed E-state index contributed by atoms with van der Waals surface area (Å²) in [5.74, 6) is 0.790. The van der Waals surface area contributed by atoms with Gasteiger partial charge >= 0.3 is 0 Å². The maximum absolute atomic E-state index is 11.6. The van der Waals surface area contributed by atoms with Gasteiger partial charge in [0.05, 0.1) is 12.2 Å². The predicted molar refractivity (Wildman–Crippen MR) is 68.5 cm³/mol. The molecule has 92 valence electrons. The van der Waals surface area contributed by atoms with Crippen molar-refractivity contribution in [2.24, 2.45) is 5.11 Å². The molecule has 1 aromatic rings. The number of carbonyl (C=O) groups excluding carboxylic acids is 1. The molecule has 5 nitrogen and oxygen atoms in total. The Morgan fingerprint density at radius 3 is 3.22 bits per heavy atom. The van der Waals surface area contributed by atoms with Gasteiger partial charge in [-0.25, -0.2) is 0 Å². The van der Waals surface area contributed by atoms with Crippen molar-refractivity contribution in [3.63, 3.8) is 0 Å². The number of fused-ring (bicyclic) bond motifs is 1. The zero-order valence-electron chi connectivity index (χ0n) is 9.87. The number of ketones is 1. The molecule has 1 aliphatic heterocycles. The highest BCUT2D eigenvalue weighted by atomic mass is 16.5. The molecule has 1 aromatic carbocycles. The van der Waals surface area contributed by atoms with E-state index in [1.54, 1.807) is 6.07 Å². The molecule has 0 saturated carbocycles. The molecule has 0 amide bonds. The summed E-state index contributed by atoms with van der Waals surface area (Å²) >= 11 is 0. The highest BCUT2D eigenvalue weighted by molar-refractivity contribution is 5.99. The summed E-state index contributed by atoms with van der Waals surface area (Å²) in [7, 11) is 0. The molecule has 2 rings (SSSR count). The van der Waals surface area contributed by atoms with Crippen LogP contribution in [0.1, 0.15) is 28.8 Å². The van der Waals surface area contributed by atoms with Crippen LogP contribution in [0.2, 0.25) is 0 Å². The van der Waals surface area contributed by atoms with Crippen molar-refractivity contribution in [2.45, 2.75) is 12.8 Å². The van der Waals surface area contributed by atoms with E-state index in [2.05, 4.69) is 10.0 Å². The fourth-order valence-corrected chi connectivity index (χ4v) is 1.78. The van der Waals surface area contributed by atoms with E-state index < -0.39 is 0 Å². The molecule has 18 heavy (non-hydrogen) atoms. The fourth-order valence-electron chi connectivity index (χ4n) is 1.78. The Balaban J connectivity index is 2.06. The summed E-state index contributed by atoms with van der Waals surface area (Å²) in [6.45, 7) is 0.906. The van der Waals surface area contributed by atoms with Crippen molar-refractivity contribution in [2.75, 3.05) is 13.2 Å². The van der Waals surface area contributed by atoms with Crippen molar-refractivity contribution in [3.05, 3.63) is 45.8 Å². The summed E-state index contributed by atoms with van der Waals surface area (Å²) in [6.07, 6.45) is 5.01. The van der Waals surface area contributed by atoms with Crippen LogP contribution in [0.5, 0.6) is 5.75 Å². The lowest BCUT2D eigenvalue weighted by Gasteiger charge is -2.16. The number of azide groups is 1. The third kappa shape index (κ3) is 2.90. The highest BCUT2D eigenvalue weighted by Gasteiger charge is 2.17. The quantitative estimate of drug-likeness (QED) is 0.352. The van der Waals surface area contributed by atoms with Crippen LogP contribution in [0.25, 0.3) is 16.5 Å². The van der Waals surface area contributed by atoms with E-state index in [-0.39, 0.29) is 5.78 Å². The molecule has 0 aromatic heterocycles. The molecular weight excluding hydrogens is 230 g/mol. The number of hydrogen-bond acceptors (Lipinski definition) is 3. The van der Waals surface area contributed by atoms with Gasteiger partial charge in [-0.15, -0.1) is 0 Å². The van der Waals surface area contributed by atoms with Crippen LogP contribution in [-0.2, 0) is 0 Å². The first-order chi connectivity index (χ1) is 8.81. The third-order valence-electron chi connectivity index (χ3n) is 2.66. The van der Waals surface area contributed by atoms with E-state index in [0.29, 0.717) is 37.3 Å². The van der Waals surface area contributed by atoms with Crippen molar-refractivity contribution in [1.82, 2.24) is 0 Å². The molecular formula is C13H13N3O2. The maximum Gasteiger partial charge on any atom is 0.169 e. The predicted octanol–water partition coefficient (Wildman–Crippen LogP) is 3.37. The van der Waals surface area contributed by atoms with Crippen LogP contribution in [0.15, 0.2) is 29.4 Å². The monoisotopic (exact) mass is 243 g/mol. The van der Waals surface area contributed by atoms with E-state index in [4.69, 9.17) is 10.3 Å². The van der Waals surface area contributed by atoms with Gasteiger partial charge in [0.25, 0.3) is 0 Å². The molecule has 0 saturated heterocycles. The second-order valence-corrected chi connectivity index (χ2v) is 3.92. The Kier molecular flexibility index (Phi) is 3.99. The van der Waals surface area contributed by atoms with Gasteiger partial charge in [0.15, 0.2) is 5.78 Å². The Hall–Kier alpha value is -2.26. The number of benzene rings is 1. The average molecular weight is 243 g/mol. The van der Waals surface area contributed by atoms with E-state index in [1.165, 1.54) is 0 Å². The summed E-state index contributed by atoms with van der Waals surface area (Å²) in [6, 6.07) is 5.54. The zero-order valence-corrected chi connectivity index (χ0v) is 9.87. The van der Waals surface area contributed by atoms with Crippen LogP contribution in [0.3, 0.4) is 0 Å². The number of rotatable bonds is 4. The molecule has 0 fully saturated rings. The van der Waals surface area contributed by atoms with E-state index in [9.17, 15) is 4.79 Å². The summed E-state index contributed by atoms with van der Waals surface area (Å²) in [4.78, 5) is 14.3. The van der Waals surface area contributed by atoms with Crippen molar-refractivity contribution < 1.29 is 9.53 Å². The van der Waals surface area contributed by atoms with Gasteiger partial charge in [-0.05, 0) is 29.6 Å². The minimum absolute atomic E-state index is 0.134. The molecule has 0 bridgehead atoms. The Labute approximate surface area is 105 Å². The minimum atomic E-state index is 0.134. The molecule has 1 aliphatic rings. The van der Waals surface area contributed by atoms with E-state index >= 15 is 0 Å². The van der Waals surface area contributed by atoms with Gasteiger partial charge in [0.1, 0.15) is 5.75 Å². The standard InChI is InChI=1S/C13H13N3O2/c14-16-15-7-2-1-3-10-4-5-11-12(17)6-8-18-13(11)9-10/h1,3-5,9H,2,6-8H2. The minimum Gasteiger partial charge on any atom is -0.492 e. The lowest BCUT2D eigenvalue weighted by atomic mass is 10.0. The molecule has 0 N–H and O–H groups in total. The van der Waals surface area contributed by atoms with Gasteiger partial charge in [0, 0.05) is 17.9 Å². The second kappa shape index (κ2) is 5.89.